The average Bonchev–Trinajstić information content (AvgIpc) is 3.34. The highest BCUT2D eigenvalue weighted by atomic mass is 35.5. The van der Waals surface area contributed by atoms with E-state index in [1.54, 1.807) is 24.3 Å². The number of amides is 3. The van der Waals surface area contributed by atoms with E-state index >= 15 is 0 Å². The van der Waals surface area contributed by atoms with Crippen LogP contribution >= 0.6 is 35.0 Å². The molecule has 186 valence electrons. The molecular formula is C28H21Cl2N3O3S. The second-order valence-electron chi connectivity index (χ2n) is 8.63. The number of carbonyl (C=O) groups excluding carboxylic acids is 3. The van der Waals surface area contributed by atoms with Gasteiger partial charge in [-0.25, -0.2) is 0 Å². The van der Waals surface area contributed by atoms with E-state index in [9.17, 15) is 14.4 Å². The predicted octanol–water partition coefficient (Wildman–Crippen LogP) is 6.98. The highest BCUT2D eigenvalue weighted by molar-refractivity contribution is 8.18. The van der Waals surface area contributed by atoms with Crippen molar-refractivity contribution < 1.29 is 14.4 Å². The molecule has 0 unspecified atom stereocenters. The van der Waals surface area contributed by atoms with Crippen LogP contribution in [0, 0.1) is 6.92 Å². The van der Waals surface area contributed by atoms with Gasteiger partial charge in [-0.2, -0.15) is 0 Å². The smallest absolute Gasteiger partial charge is 0.294 e. The Hall–Kier alpha value is -3.52. The fourth-order valence-electron chi connectivity index (χ4n) is 4.15. The fourth-order valence-corrected chi connectivity index (χ4v) is 5.27. The van der Waals surface area contributed by atoms with E-state index in [2.05, 4.69) is 9.88 Å². The Morgan fingerprint density at radius 2 is 1.73 bits per heavy atom. The number of thioether (sulfide) groups is 1. The Kier molecular flexibility index (Phi) is 7.11. The third kappa shape index (κ3) is 5.44. The third-order valence-corrected chi connectivity index (χ3v) is 7.42. The molecule has 1 N–H and O–H groups in total. The molecule has 37 heavy (non-hydrogen) atoms. The van der Waals surface area contributed by atoms with Crippen molar-refractivity contribution in [1.82, 2.24) is 9.47 Å². The molecule has 0 bridgehead atoms. The van der Waals surface area contributed by atoms with Crippen LogP contribution in [0.4, 0.5) is 10.5 Å². The molecule has 9 heteroatoms. The van der Waals surface area contributed by atoms with Gasteiger partial charge < -0.3 is 9.88 Å². The molecule has 3 aromatic carbocycles. The van der Waals surface area contributed by atoms with E-state index in [-0.39, 0.29) is 11.4 Å². The number of nitrogens with one attached hydrogen (secondary N) is 1. The number of anilines is 1. The van der Waals surface area contributed by atoms with Crippen molar-refractivity contribution in [2.45, 2.75) is 13.5 Å². The zero-order chi connectivity index (χ0) is 26.1. The number of hydrogen-bond donors (Lipinski definition) is 1. The van der Waals surface area contributed by atoms with E-state index < -0.39 is 17.1 Å². The summed E-state index contributed by atoms with van der Waals surface area (Å²) in [5.41, 5.74) is 4.25. The number of hydrogen-bond acceptors (Lipinski definition) is 4. The largest absolute Gasteiger partial charge is 0.342 e. The van der Waals surface area contributed by atoms with Gasteiger partial charge in [0.25, 0.3) is 11.1 Å². The number of carbonyl (C=O) groups is 3. The summed E-state index contributed by atoms with van der Waals surface area (Å²) >= 11 is 12.9. The van der Waals surface area contributed by atoms with E-state index in [0.29, 0.717) is 22.3 Å². The number of fused-ring (bicyclic) bond motifs is 1. The summed E-state index contributed by atoms with van der Waals surface area (Å²) in [4.78, 5) is 39.6. The molecule has 1 aromatic heterocycles. The standard InChI is InChI=1S/C28H21Cl2N3O3S/c1-17-6-9-21(30)13-23(17)31-26(34)16-33-27(35)25(37-28(33)36)12-19-15-32(24-5-3-2-4-22(19)24)14-18-7-10-20(29)11-8-18/h2-13,15H,14,16H2,1H3,(H,31,34)/b25-12-. The molecule has 6 nitrogen and oxygen atoms in total. The lowest BCUT2D eigenvalue weighted by Gasteiger charge is -2.13. The molecule has 0 radical (unpaired) electrons. The minimum absolute atomic E-state index is 0.270. The van der Waals surface area contributed by atoms with Crippen LogP contribution in [0.3, 0.4) is 0 Å². The summed E-state index contributed by atoms with van der Waals surface area (Å²) < 4.78 is 2.09. The second kappa shape index (κ2) is 10.5. The third-order valence-electron chi connectivity index (χ3n) is 6.02. The van der Waals surface area contributed by atoms with E-state index in [1.807, 2.05) is 61.7 Å². The van der Waals surface area contributed by atoms with Crippen LogP contribution in [0.2, 0.25) is 10.0 Å². The first-order chi connectivity index (χ1) is 17.8. The summed E-state index contributed by atoms with van der Waals surface area (Å²) in [6.07, 6.45) is 3.67. The van der Waals surface area contributed by atoms with Gasteiger partial charge in [-0.1, -0.05) is 59.6 Å². The number of imide groups is 1. The van der Waals surface area contributed by atoms with E-state index in [4.69, 9.17) is 23.2 Å². The molecule has 1 aliphatic rings. The summed E-state index contributed by atoms with van der Waals surface area (Å²) in [5, 5.41) is 4.35. The van der Waals surface area contributed by atoms with Crippen LogP contribution in [0.15, 0.2) is 77.8 Å². The molecule has 1 fully saturated rings. The van der Waals surface area contributed by atoms with Crippen molar-refractivity contribution in [3.05, 3.63) is 105 Å². The number of nitrogens with zero attached hydrogens (tertiary/aromatic N) is 2. The Labute approximate surface area is 227 Å². The minimum atomic E-state index is -0.498. The first-order valence-electron chi connectivity index (χ1n) is 11.4. The summed E-state index contributed by atoms with van der Waals surface area (Å²) in [7, 11) is 0. The first-order valence-corrected chi connectivity index (χ1v) is 13.0. The number of rotatable bonds is 6. The summed E-state index contributed by atoms with van der Waals surface area (Å²) in [6.45, 7) is 2.07. The van der Waals surface area contributed by atoms with Crippen molar-refractivity contribution in [3.63, 3.8) is 0 Å². The van der Waals surface area contributed by atoms with Gasteiger partial charge in [-0.15, -0.1) is 0 Å². The fraction of sp³-hybridized carbons (Fsp3) is 0.107. The highest BCUT2D eigenvalue weighted by Gasteiger charge is 2.36. The van der Waals surface area contributed by atoms with Gasteiger partial charge >= 0.3 is 0 Å². The van der Waals surface area contributed by atoms with Crippen LogP contribution in [0.25, 0.3) is 17.0 Å². The monoisotopic (exact) mass is 549 g/mol. The Morgan fingerprint density at radius 3 is 2.51 bits per heavy atom. The molecule has 1 aliphatic heterocycles. The second-order valence-corrected chi connectivity index (χ2v) is 10.5. The zero-order valence-electron chi connectivity index (χ0n) is 19.7. The summed E-state index contributed by atoms with van der Waals surface area (Å²) in [5.74, 6) is -0.976. The number of benzene rings is 3. The van der Waals surface area contributed by atoms with E-state index in [1.165, 1.54) is 0 Å². The predicted molar refractivity (Wildman–Crippen MR) is 150 cm³/mol. The van der Waals surface area contributed by atoms with E-state index in [0.717, 1.165) is 44.3 Å². The maximum atomic E-state index is 13.1. The topological polar surface area (TPSA) is 71.4 Å². The molecule has 2 heterocycles. The van der Waals surface area contributed by atoms with Gasteiger partial charge in [0, 0.05) is 44.9 Å². The molecule has 0 atom stereocenters. The van der Waals surface area contributed by atoms with Crippen molar-refractivity contribution in [1.29, 1.82) is 0 Å². The number of aromatic nitrogens is 1. The summed E-state index contributed by atoms with van der Waals surface area (Å²) in [6, 6.07) is 20.6. The van der Waals surface area contributed by atoms with Gasteiger partial charge in [0.05, 0.1) is 4.91 Å². The molecular weight excluding hydrogens is 529 g/mol. The first kappa shape index (κ1) is 25.1. The normalized spacial score (nSPS) is 14.7. The molecule has 0 saturated carbocycles. The molecule has 3 amide bonds. The Bertz CT molecular complexity index is 1580. The van der Waals surface area contributed by atoms with Crippen LogP contribution in [0.5, 0.6) is 0 Å². The van der Waals surface area contributed by atoms with Crippen LogP contribution in [0.1, 0.15) is 16.7 Å². The van der Waals surface area contributed by atoms with Gasteiger partial charge in [-0.3, -0.25) is 19.3 Å². The van der Waals surface area contributed by atoms with Gasteiger partial charge in [0.1, 0.15) is 6.54 Å². The molecule has 1 saturated heterocycles. The number of aryl methyl sites for hydroxylation is 1. The van der Waals surface area contributed by atoms with Gasteiger partial charge in [0.15, 0.2) is 0 Å². The maximum Gasteiger partial charge on any atom is 0.294 e. The Balaban J connectivity index is 1.37. The highest BCUT2D eigenvalue weighted by Crippen LogP contribution is 2.34. The van der Waals surface area contributed by atoms with Gasteiger partial charge in [0.2, 0.25) is 5.91 Å². The lowest BCUT2D eigenvalue weighted by Crippen LogP contribution is -2.36. The quantitative estimate of drug-likeness (QED) is 0.263. The van der Waals surface area contributed by atoms with Crippen molar-refractivity contribution in [2.75, 3.05) is 11.9 Å². The Morgan fingerprint density at radius 1 is 1.00 bits per heavy atom. The molecule has 4 aromatic rings. The van der Waals surface area contributed by atoms with Crippen LogP contribution < -0.4 is 5.32 Å². The van der Waals surface area contributed by atoms with Crippen molar-refractivity contribution in [2.24, 2.45) is 0 Å². The lowest BCUT2D eigenvalue weighted by atomic mass is 10.1. The molecule has 0 aliphatic carbocycles. The lowest BCUT2D eigenvalue weighted by molar-refractivity contribution is -0.127. The molecule has 5 rings (SSSR count). The van der Waals surface area contributed by atoms with Gasteiger partial charge in [-0.05, 0) is 66.2 Å². The SMILES string of the molecule is Cc1ccc(Cl)cc1NC(=O)CN1C(=O)S/C(=C\c2cn(Cc3ccc(Cl)cc3)c3ccccc23)C1=O. The molecule has 0 spiro atoms. The average molecular weight is 550 g/mol. The maximum absolute atomic E-state index is 13.1. The zero-order valence-corrected chi connectivity index (χ0v) is 22.0. The van der Waals surface area contributed by atoms with Crippen LogP contribution in [-0.2, 0) is 16.1 Å². The van der Waals surface area contributed by atoms with Crippen molar-refractivity contribution >= 4 is 74.7 Å². The number of para-hydroxylation sites is 1. The van der Waals surface area contributed by atoms with Crippen molar-refractivity contribution in [3.8, 4) is 0 Å². The van der Waals surface area contributed by atoms with Crippen LogP contribution in [-0.4, -0.2) is 33.1 Å². The minimum Gasteiger partial charge on any atom is -0.342 e. The number of halogens is 2.